The van der Waals surface area contributed by atoms with Crippen molar-refractivity contribution in [2.45, 2.75) is 13.5 Å². The fourth-order valence-corrected chi connectivity index (χ4v) is 2.72. The highest BCUT2D eigenvalue weighted by molar-refractivity contribution is 5.67. The van der Waals surface area contributed by atoms with E-state index in [9.17, 15) is 0 Å². The minimum atomic E-state index is 0.535. The average Bonchev–Trinajstić information content (AvgIpc) is 2.71. The maximum absolute atomic E-state index is 5.40. The third kappa shape index (κ3) is 4.59. The molecule has 0 aliphatic carbocycles. The molecule has 8 nitrogen and oxygen atoms in total. The molecule has 0 aliphatic rings. The summed E-state index contributed by atoms with van der Waals surface area (Å²) in [7, 11) is 4.73. The van der Waals surface area contributed by atoms with Crippen LogP contribution < -0.4 is 24.8 Å². The molecular formula is C20H23N5O3. The van der Waals surface area contributed by atoms with Crippen LogP contribution in [0.1, 0.15) is 11.4 Å². The molecule has 2 aromatic heterocycles. The van der Waals surface area contributed by atoms with Gasteiger partial charge in [0.25, 0.3) is 0 Å². The summed E-state index contributed by atoms with van der Waals surface area (Å²) in [5, 5.41) is 6.56. The number of aromatic nitrogens is 3. The molecule has 8 heteroatoms. The first-order valence-electron chi connectivity index (χ1n) is 8.68. The Morgan fingerprint density at radius 1 is 0.929 bits per heavy atom. The first-order valence-corrected chi connectivity index (χ1v) is 8.68. The Morgan fingerprint density at radius 3 is 2.25 bits per heavy atom. The minimum Gasteiger partial charge on any atom is -0.493 e. The zero-order valence-corrected chi connectivity index (χ0v) is 16.3. The fourth-order valence-electron chi connectivity index (χ4n) is 2.72. The van der Waals surface area contributed by atoms with E-state index >= 15 is 0 Å². The van der Waals surface area contributed by atoms with Gasteiger partial charge in [0.1, 0.15) is 17.5 Å². The average molecular weight is 381 g/mol. The molecule has 0 unspecified atom stereocenters. The molecule has 0 fully saturated rings. The van der Waals surface area contributed by atoms with Crippen LogP contribution in [0.5, 0.6) is 17.2 Å². The van der Waals surface area contributed by atoms with Crippen LogP contribution in [0.4, 0.5) is 17.3 Å². The van der Waals surface area contributed by atoms with E-state index in [0.717, 1.165) is 11.3 Å². The lowest BCUT2D eigenvalue weighted by atomic mass is 10.2. The van der Waals surface area contributed by atoms with Gasteiger partial charge in [0.05, 0.1) is 21.3 Å². The predicted molar refractivity (Wildman–Crippen MR) is 108 cm³/mol. The molecule has 3 rings (SSSR count). The SMILES string of the molecule is COc1cc(Nc2cc(NCc3cccnc3)nc(C)n2)cc(OC)c1OC. The van der Waals surface area contributed by atoms with Crippen molar-refractivity contribution in [3.05, 3.63) is 54.1 Å². The van der Waals surface area contributed by atoms with E-state index in [1.165, 1.54) is 0 Å². The number of benzene rings is 1. The van der Waals surface area contributed by atoms with Gasteiger partial charge >= 0.3 is 0 Å². The van der Waals surface area contributed by atoms with E-state index in [1.54, 1.807) is 27.5 Å². The number of methoxy groups -OCH3 is 3. The number of hydrogen-bond acceptors (Lipinski definition) is 8. The molecule has 0 spiro atoms. The summed E-state index contributed by atoms with van der Waals surface area (Å²) in [5.41, 5.74) is 1.82. The predicted octanol–water partition coefficient (Wildman–Crippen LogP) is 3.56. The molecule has 28 heavy (non-hydrogen) atoms. The molecule has 3 aromatic rings. The summed E-state index contributed by atoms with van der Waals surface area (Å²) in [6.07, 6.45) is 3.56. The first-order chi connectivity index (χ1) is 13.6. The molecule has 146 valence electrons. The topological polar surface area (TPSA) is 90.4 Å². The van der Waals surface area contributed by atoms with Gasteiger partial charge in [0.15, 0.2) is 11.5 Å². The van der Waals surface area contributed by atoms with Gasteiger partial charge in [0.2, 0.25) is 5.75 Å². The minimum absolute atomic E-state index is 0.535. The third-order valence-electron chi connectivity index (χ3n) is 3.97. The zero-order valence-electron chi connectivity index (χ0n) is 16.3. The van der Waals surface area contributed by atoms with Gasteiger partial charge in [-0.05, 0) is 18.6 Å². The second-order valence-corrected chi connectivity index (χ2v) is 5.94. The van der Waals surface area contributed by atoms with Crippen molar-refractivity contribution in [2.75, 3.05) is 32.0 Å². The fraction of sp³-hybridized carbons (Fsp3) is 0.250. The summed E-state index contributed by atoms with van der Waals surface area (Å²) < 4.78 is 16.1. The van der Waals surface area contributed by atoms with Crippen LogP contribution >= 0.6 is 0 Å². The van der Waals surface area contributed by atoms with Crippen LogP contribution in [-0.2, 0) is 6.54 Å². The Hall–Kier alpha value is -3.55. The lowest BCUT2D eigenvalue weighted by Crippen LogP contribution is -2.05. The Morgan fingerprint density at radius 2 is 1.64 bits per heavy atom. The Balaban J connectivity index is 1.81. The number of nitrogens with zero attached hydrogens (tertiary/aromatic N) is 3. The standard InChI is InChI=1S/C20H23N5O3/c1-13-23-18(22-12-14-6-5-7-21-11-14)10-19(24-13)25-15-8-16(26-2)20(28-4)17(9-15)27-3/h5-11H,12H2,1-4H3,(H2,22,23,24,25). The molecule has 0 amide bonds. The molecule has 0 saturated heterocycles. The molecule has 0 radical (unpaired) electrons. The molecule has 1 aromatic carbocycles. The molecule has 2 heterocycles. The highest BCUT2D eigenvalue weighted by Crippen LogP contribution is 2.40. The number of anilines is 3. The Bertz CT molecular complexity index is 909. The molecule has 2 N–H and O–H groups in total. The number of aryl methyl sites for hydroxylation is 1. The number of pyridine rings is 1. The number of hydrogen-bond donors (Lipinski definition) is 2. The van der Waals surface area contributed by atoms with Crippen molar-refractivity contribution in [1.82, 2.24) is 15.0 Å². The van der Waals surface area contributed by atoms with Crippen molar-refractivity contribution in [2.24, 2.45) is 0 Å². The van der Waals surface area contributed by atoms with Crippen LogP contribution in [0.15, 0.2) is 42.7 Å². The van der Waals surface area contributed by atoms with Crippen molar-refractivity contribution in [1.29, 1.82) is 0 Å². The highest BCUT2D eigenvalue weighted by atomic mass is 16.5. The van der Waals surface area contributed by atoms with Gasteiger partial charge in [-0.25, -0.2) is 9.97 Å². The van der Waals surface area contributed by atoms with E-state index in [1.807, 2.05) is 43.5 Å². The van der Waals surface area contributed by atoms with E-state index in [-0.39, 0.29) is 0 Å². The van der Waals surface area contributed by atoms with Crippen molar-refractivity contribution in [3.63, 3.8) is 0 Å². The maximum Gasteiger partial charge on any atom is 0.203 e. The van der Waals surface area contributed by atoms with Crippen molar-refractivity contribution in [3.8, 4) is 17.2 Å². The number of ether oxygens (including phenoxy) is 3. The van der Waals surface area contributed by atoms with Crippen LogP contribution in [0.2, 0.25) is 0 Å². The van der Waals surface area contributed by atoms with Crippen LogP contribution in [-0.4, -0.2) is 36.3 Å². The van der Waals surface area contributed by atoms with Crippen LogP contribution in [0.3, 0.4) is 0 Å². The summed E-state index contributed by atoms with van der Waals surface area (Å²) in [6, 6.07) is 9.39. The molecule has 0 saturated carbocycles. The molecule has 0 bridgehead atoms. The van der Waals surface area contributed by atoms with Crippen LogP contribution in [0, 0.1) is 6.92 Å². The second-order valence-electron chi connectivity index (χ2n) is 5.94. The van der Waals surface area contributed by atoms with E-state index in [4.69, 9.17) is 14.2 Å². The summed E-state index contributed by atoms with van der Waals surface area (Å²) in [5.74, 6) is 3.66. The number of nitrogens with one attached hydrogen (secondary N) is 2. The van der Waals surface area contributed by atoms with E-state index in [0.29, 0.717) is 41.3 Å². The third-order valence-corrected chi connectivity index (χ3v) is 3.97. The van der Waals surface area contributed by atoms with Crippen molar-refractivity contribution < 1.29 is 14.2 Å². The molecule has 0 aliphatic heterocycles. The van der Waals surface area contributed by atoms with Crippen molar-refractivity contribution >= 4 is 17.3 Å². The highest BCUT2D eigenvalue weighted by Gasteiger charge is 2.14. The lowest BCUT2D eigenvalue weighted by molar-refractivity contribution is 0.324. The lowest BCUT2D eigenvalue weighted by Gasteiger charge is -2.15. The summed E-state index contributed by atoms with van der Waals surface area (Å²) >= 11 is 0. The normalized spacial score (nSPS) is 10.3. The maximum atomic E-state index is 5.40. The Kier molecular flexibility index (Phi) is 6.11. The van der Waals surface area contributed by atoms with Gasteiger partial charge in [-0.15, -0.1) is 0 Å². The van der Waals surface area contributed by atoms with Gasteiger partial charge < -0.3 is 24.8 Å². The molecular weight excluding hydrogens is 358 g/mol. The second kappa shape index (κ2) is 8.90. The van der Waals surface area contributed by atoms with Gasteiger partial charge in [0, 0.05) is 42.8 Å². The van der Waals surface area contributed by atoms with Gasteiger partial charge in [-0.3, -0.25) is 4.98 Å². The quantitative estimate of drug-likeness (QED) is 0.612. The van der Waals surface area contributed by atoms with Crippen LogP contribution in [0.25, 0.3) is 0 Å². The monoisotopic (exact) mass is 381 g/mol. The molecule has 0 atom stereocenters. The Labute approximate surface area is 163 Å². The van der Waals surface area contributed by atoms with Gasteiger partial charge in [-0.2, -0.15) is 0 Å². The summed E-state index contributed by atoms with van der Waals surface area (Å²) in [6.45, 7) is 2.46. The van der Waals surface area contributed by atoms with E-state index < -0.39 is 0 Å². The summed E-state index contributed by atoms with van der Waals surface area (Å²) in [4.78, 5) is 13.0. The zero-order chi connectivity index (χ0) is 19.9. The first kappa shape index (κ1) is 19.2. The smallest absolute Gasteiger partial charge is 0.203 e. The van der Waals surface area contributed by atoms with E-state index in [2.05, 4.69) is 25.6 Å². The van der Waals surface area contributed by atoms with Gasteiger partial charge in [-0.1, -0.05) is 6.07 Å². The number of rotatable bonds is 8. The largest absolute Gasteiger partial charge is 0.493 e.